The van der Waals surface area contributed by atoms with E-state index in [1.54, 1.807) is 23.5 Å². The monoisotopic (exact) mass is 362 g/mol. The normalized spacial score (nSPS) is 10.8. The van der Waals surface area contributed by atoms with Crippen LogP contribution in [-0.2, 0) is 6.54 Å². The van der Waals surface area contributed by atoms with E-state index in [0.29, 0.717) is 12.1 Å². The van der Waals surface area contributed by atoms with E-state index in [-0.39, 0.29) is 11.7 Å². The lowest BCUT2D eigenvalue weighted by Crippen LogP contribution is -2.23. The van der Waals surface area contributed by atoms with Gasteiger partial charge in [-0.15, -0.1) is 11.3 Å². The average molecular weight is 362 g/mol. The Morgan fingerprint density at radius 3 is 2.62 bits per heavy atom. The number of nitrogens with one attached hydrogen (secondary N) is 1. The summed E-state index contributed by atoms with van der Waals surface area (Å²) in [6, 6.07) is 19.5. The quantitative estimate of drug-likeness (QED) is 0.553. The highest BCUT2D eigenvalue weighted by Crippen LogP contribution is 2.27. The van der Waals surface area contributed by atoms with Crippen LogP contribution in [-0.4, -0.2) is 10.9 Å². The van der Waals surface area contributed by atoms with Crippen molar-refractivity contribution in [2.45, 2.75) is 6.54 Å². The molecule has 1 N–H and O–H groups in total. The van der Waals surface area contributed by atoms with Gasteiger partial charge < -0.3 is 5.32 Å². The molecule has 0 aliphatic carbocycles. The van der Waals surface area contributed by atoms with Crippen LogP contribution in [0, 0.1) is 5.82 Å². The zero-order chi connectivity index (χ0) is 17.9. The zero-order valence-electron chi connectivity index (χ0n) is 13.8. The number of fused-ring (bicyclic) bond motifs is 1. The molecule has 26 heavy (non-hydrogen) atoms. The van der Waals surface area contributed by atoms with Gasteiger partial charge in [0.05, 0.1) is 21.7 Å². The Bertz CT molecular complexity index is 1060. The van der Waals surface area contributed by atoms with Crippen molar-refractivity contribution in [2.24, 2.45) is 0 Å². The Balaban J connectivity index is 1.67. The summed E-state index contributed by atoms with van der Waals surface area (Å²) in [6.45, 7) is 0.337. The summed E-state index contributed by atoms with van der Waals surface area (Å²) in [5.41, 5.74) is 2.99. The van der Waals surface area contributed by atoms with Gasteiger partial charge in [-0.05, 0) is 41.3 Å². The molecule has 5 heteroatoms. The summed E-state index contributed by atoms with van der Waals surface area (Å²) in [6.07, 6.45) is 0. The maximum Gasteiger partial charge on any atom is 0.252 e. The van der Waals surface area contributed by atoms with Gasteiger partial charge in [-0.2, -0.15) is 0 Å². The molecule has 0 aliphatic heterocycles. The van der Waals surface area contributed by atoms with E-state index >= 15 is 0 Å². The van der Waals surface area contributed by atoms with E-state index < -0.39 is 0 Å². The van der Waals surface area contributed by atoms with Gasteiger partial charge in [-0.3, -0.25) is 4.79 Å². The van der Waals surface area contributed by atoms with Crippen molar-refractivity contribution >= 4 is 28.1 Å². The van der Waals surface area contributed by atoms with Crippen molar-refractivity contribution in [1.29, 1.82) is 0 Å². The van der Waals surface area contributed by atoms with Gasteiger partial charge >= 0.3 is 0 Å². The van der Waals surface area contributed by atoms with Gasteiger partial charge in [0.2, 0.25) is 0 Å². The van der Waals surface area contributed by atoms with Crippen LogP contribution in [0.5, 0.6) is 0 Å². The molecule has 0 unspecified atom stereocenters. The molecular weight excluding hydrogens is 347 g/mol. The van der Waals surface area contributed by atoms with Crippen LogP contribution in [0.15, 0.2) is 72.1 Å². The number of carbonyl (C=O) groups excluding carboxylic acids is 1. The van der Waals surface area contributed by atoms with Crippen molar-refractivity contribution in [3.8, 4) is 10.6 Å². The van der Waals surface area contributed by atoms with E-state index in [4.69, 9.17) is 0 Å². The van der Waals surface area contributed by atoms with E-state index in [0.717, 1.165) is 27.0 Å². The van der Waals surface area contributed by atoms with E-state index in [2.05, 4.69) is 10.3 Å². The fourth-order valence-corrected chi connectivity index (χ4v) is 3.48. The molecule has 2 heterocycles. The van der Waals surface area contributed by atoms with Gasteiger partial charge in [-0.25, -0.2) is 9.37 Å². The maximum absolute atomic E-state index is 13.0. The Labute approximate surface area is 154 Å². The van der Waals surface area contributed by atoms with Gasteiger partial charge in [0, 0.05) is 11.9 Å². The van der Waals surface area contributed by atoms with Gasteiger partial charge in [-0.1, -0.05) is 36.4 Å². The van der Waals surface area contributed by atoms with Crippen LogP contribution in [0.2, 0.25) is 0 Å². The van der Waals surface area contributed by atoms with E-state index in [1.807, 2.05) is 47.8 Å². The smallest absolute Gasteiger partial charge is 0.252 e. The lowest BCUT2D eigenvalue weighted by Gasteiger charge is -2.10. The predicted octanol–water partition coefficient (Wildman–Crippen LogP) is 5.03. The minimum atomic E-state index is -0.291. The molecule has 4 rings (SSSR count). The molecule has 4 aromatic rings. The number of nitrogens with zero attached hydrogens (tertiary/aromatic N) is 1. The van der Waals surface area contributed by atoms with Crippen LogP contribution in [0.1, 0.15) is 15.9 Å². The summed E-state index contributed by atoms with van der Waals surface area (Å²) in [5.74, 6) is -0.466. The average Bonchev–Trinajstić information content (AvgIpc) is 3.21. The topological polar surface area (TPSA) is 42.0 Å². The summed E-state index contributed by atoms with van der Waals surface area (Å²) in [5, 5.41) is 5.71. The molecule has 3 nitrogen and oxygen atoms in total. The van der Waals surface area contributed by atoms with E-state index in [9.17, 15) is 9.18 Å². The molecule has 0 saturated heterocycles. The van der Waals surface area contributed by atoms with Crippen molar-refractivity contribution < 1.29 is 9.18 Å². The molecule has 2 aromatic heterocycles. The molecule has 1 amide bonds. The second kappa shape index (κ2) is 7.06. The van der Waals surface area contributed by atoms with Gasteiger partial charge in [0.25, 0.3) is 5.91 Å². The number of thiophene rings is 1. The Morgan fingerprint density at radius 1 is 1.04 bits per heavy atom. The number of halogens is 1. The molecule has 0 atom stereocenters. The number of aromatic nitrogens is 1. The third kappa shape index (κ3) is 3.34. The number of hydrogen-bond acceptors (Lipinski definition) is 3. The molecule has 128 valence electrons. The van der Waals surface area contributed by atoms with Crippen LogP contribution in [0.3, 0.4) is 0 Å². The Kier molecular flexibility index (Phi) is 4.46. The van der Waals surface area contributed by atoms with Crippen LogP contribution >= 0.6 is 11.3 Å². The second-order valence-corrected chi connectivity index (χ2v) is 6.81. The highest BCUT2D eigenvalue weighted by molar-refractivity contribution is 7.13. The highest BCUT2D eigenvalue weighted by Gasteiger charge is 2.14. The second-order valence-electron chi connectivity index (χ2n) is 5.86. The molecule has 0 fully saturated rings. The number of amides is 1. The molecule has 0 saturated carbocycles. The molecular formula is C21H15FN2OS. The minimum absolute atomic E-state index is 0.175. The Morgan fingerprint density at radius 2 is 1.85 bits per heavy atom. The largest absolute Gasteiger partial charge is 0.348 e. The minimum Gasteiger partial charge on any atom is -0.348 e. The first-order valence-electron chi connectivity index (χ1n) is 8.17. The first-order valence-corrected chi connectivity index (χ1v) is 9.05. The zero-order valence-corrected chi connectivity index (χ0v) is 14.6. The standard InChI is InChI=1S/C21H15FN2OS/c22-15-9-7-14(8-10-15)13-23-21(25)17-12-19(20-6-3-11-26-20)24-18-5-2-1-4-16(17)18/h1-12H,13H2,(H,23,25). The molecule has 2 aromatic carbocycles. The predicted molar refractivity (Wildman–Crippen MR) is 103 cm³/mol. The summed E-state index contributed by atoms with van der Waals surface area (Å²) in [7, 11) is 0. The first-order chi connectivity index (χ1) is 12.7. The summed E-state index contributed by atoms with van der Waals surface area (Å²) in [4.78, 5) is 18.5. The number of carbonyl (C=O) groups is 1. The summed E-state index contributed by atoms with van der Waals surface area (Å²) >= 11 is 1.59. The molecule has 0 spiro atoms. The Hall–Kier alpha value is -3.05. The number of rotatable bonds is 4. The first kappa shape index (κ1) is 16.4. The fourth-order valence-electron chi connectivity index (χ4n) is 2.79. The summed E-state index contributed by atoms with van der Waals surface area (Å²) < 4.78 is 13.0. The van der Waals surface area contributed by atoms with Crippen LogP contribution < -0.4 is 5.32 Å². The van der Waals surface area contributed by atoms with Crippen LogP contribution in [0.4, 0.5) is 4.39 Å². The lowest BCUT2D eigenvalue weighted by molar-refractivity contribution is 0.0952. The van der Waals surface area contributed by atoms with Gasteiger partial charge in [0.15, 0.2) is 0 Å². The van der Waals surface area contributed by atoms with Crippen molar-refractivity contribution in [2.75, 3.05) is 0 Å². The van der Waals surface area contributed by atoms with Crippen molar-refractivity contribution in [3.63, 3.8) is 0 Å². The maximum atomic E-state index is 13.0. The molecule has 0 bridgehead atoms. The number of pyridine rings is 1. The fraction of sp³-hybridized carbons (Fsp3) is 0.0476. The lowest BCUT2D eigenvalue weighted by atomic mass is 10.1. The SMILES string of the molecule is O=C(NCc1ccc(F)cc1)c1cc(-c2cccs2)nc2ccccc12. The van der Waals surface area contributed by atoms with Crippen molar-refractivity contribution in [3.05, 3.63) is 89.1 Å². The van der Waals surface area contributed by atoms with Crippen LogP contribution in [0.25, 0.3) is 21.5 Å². The highest BCUT2D eigenvalue weighted by atomic mass is 32.1. The molecule has 0 radical (unpaired) electrons. The molecule has 0 aliphatic rings. The third-order valence-electron chi connectivity index (χ3n) is 4.10. The number of benzene rings is 2. The third-order valence-corrected chi connectivity index (χ3v) is 4.99. The number of para-hydroxylation sites is 1. The van der Waals surface area contributed by atoms with Gasteiger partial charge in [0.1, 0.15) is 5.82 Å². The van der Waals surface area contributed by atoms with Crippen molar-refractivity contribution in [1.82, 2.24) is 10.3 Å². The number of hydrogen-bond donors (Lipinski definition) is 1. The van der Waals surface area contributed by atoms with E-state index in [1.165, 1.54) is 12.1 Å².